The Morgan fingerprint density at radius 3 is 1.47 bits per heavy atom. The summed E-state index contributed by atoms with van der Waals surface area (Å²) >= 11 is 0. The van der Waals surface area contributed by atoms with Gasteiger partial charge in [0, 0.05) is 0 Å². The normalized spacial score (nSPS) is 8.67. The summed E-state index contributed by atoms with van der Waals surface area (Å²) in [4.78, 5) is 15.7. The largest absolute Gasteiger partial charge is 2.00 e. The monoisotopic (exact) mass is 254 g/mol. The Hall–Kier alpha value is -0.957. The molecule has 2 aromatic heterocycles. The van der Waals surface area contributed by atoms with Crippen molar-refractivity contribution in [2.75, 3.05) is 0 Å². The first kappa shape index (κ1) is 14.0. The predicted molar refractivity (Wildman–Crippen MR) is 53.9 cm³/mol. The van der Waals surface area contributed by atoms with Gasteiger partial charge in [0.05, 0.1) is 0 Å². The van der Waals surface area contributed by atoms with Crippen molar-refractivity contribution in [3.05, 3.63) is 36.4 Å². The van der Waals surface area contributed by atoms with Gasteiger partial charge >= 0.3 is 19.5 Å². The number of imidazole rings is 2. The molecule has 0 fully saturated rings. The van der Waals surface area contributed by atoms with Crippen molar-refractivity contribution >= 4 is 0 Å². The van der Waals surface area contributed by atoms with E-state index in [1.54, 1.807) is 24.8 Å². The van der Waals surface area contributed by atoms with E-state index in [2.05, 4.69) is 19.9 Å². The van der Waals surface area contributed by atoms with Crippen LogP contribution < -0.4 is 9.97 Å². The van der Waals surface area contributed by atoms with Crippen molar-refractivity contribution in [3.8, 4) is 0 Å². The molecule has 0 aliphatic carbocycles. The molecule has 0 saturated carbocycles. The van der Waals surface area contributed by atoms with Crippen LogP contribution in [0.5, 0.6) is 0 Å². The Morgan fingerprint density at radius 2 is 1.33 bits per heavy atom. The Kier molecular flexibility index (Phi) is 7.83. The molecular weight excluding hydrogens is 242 g/mol. The zero-order valence-electron chi connectivity index (χ0n) is 9.22. The van der Waals surface area contributed by atoms with E-state index in [1.165, 1.54) is 0 Å². The van der Waals surface area contributed by atoms with Crippen molar-refractivity contribution in [2.45, 2.75) is 26.7 Å². The number of rotatable bonds is 2. The van der Waals surface area contributed by atoms with Crippen LogP contribution in [0.1, 0.15) is 25.5 Å². The standard InChI is InChI=1S/2C5H7N2.Zn/c2*1-2-5-6-3-4-7-5;/h2*3-4H,2H2,1H3;/q2*-1;+2. The van der Waals surface area contributed by atoms with Gasteiger partial charge in [0.25, 0.3) is 0 Å². The molecule has 0 aliphatic rings. The topological polar surface area (TPSA) is 54.0 Å². The maximum absolute atomic E-state index is 3.92. The molecule has 2 rings (SSSR count). The summed E-state index contributed by atoms with van der Waals surface area (Å²) in [5, 5.41) is 0. The van der Waals surface area contributed by atoms with E-state index in [-0.39, 0.29) is 19.5 Å². The summed E-state index contributed by atoms with van der Waals surface area (Å²) in [7, 11) is 0. The SMILES string of the molecule is CCc1ncc[n-]1.CCc1ncc[n-]1.[Zn+2]. The summed E-state index contributed by atoms with van der Waals surface area (Å²) in [5.74, 6) is 1.86. The van der Waals surface area contributed by atoms with Crippen LogP contribution in [0.4, 0.5) is 0 Å². The molecule has 0 radical (unpaired) electrons. The molecule has 0 atom stereocenters. The van der Waals surface area contributed by atoms with Crippen molar-refractivity contribution in [3.63, 3.8) is 0 Å². The third-order valence-corrected chi connectivity index (χ3v) is 1.66. The summed E-state index contributed by atoms with van der Waals surface area (Å²) in [6.07, 6.45) is 8.70. The molecule has 0 N–H and O–H groups in total. The molecule has 2 aromatic rings. The first-order valence-electron chi connectivity index (χ1n) is 4.72. The second kappa shape index (κ2) is 8.36. The molecule has 76 valence electrons. The molecule has 0 amide bonds. The number of aromatic nitrogens is 4. The maximum Gasteiger partial charge on any atom is 2.00 e. The molecule has 5 heteroatoms. The Bertz CT molecular complexity index is 281. The van der Waals surface area contributed by atoms with Crippen LogP contribution in [0.15, 0.2) is 24.8 Å². The van der Waals surface area contributed by atoms with E-state index in [0.29, 0.717) is 0 Å². The first-order chi connectivity index (χ1) is 6.86. The molecule has 0 saturated heterocycles. The summed E-state index contributed by atoms with van der Waals surface area (Å²) < 4.78 is 0. The van der Waals surface area contributed by atoms with E-state index in [0.717, 1.165) is 24.5 Å². The van der Waals surface area contributed by atoms with Crippen LogP contribution in [-0.2, 0) is 32.3 Å². The molecule has 2 heterocycles. The van der Waals surface area contributed by atoms with E-state index < -0.39 is 0 Å². The van der Waals surface area contributed by atoms with Gasteiger partial charge in [-0.3, -0.25) is 0 Å². The third-order valence-electron chi connectivity index (χ3n) is 1.66. The van der Waals surface area contributed by atoms with Gasteiger partial charge in [0.15, 0.2) is 0 Å². The average molecular weight is 256 g/mol. The van der Waals surface area contributed by atoms with E-state index in [9.17, 15) is 0 Å². The minimum Gasteiger partial charge on any atom is -0.446 e. The fourth-order valence-electron chi connectivity index (χ4n) is 0.909. The average Bonchev–Trinajstić information content (AvgIpc) is 2.92. The fourth-order valence-corrected chi connectivity index (χ4v) is 0.909. The van der Waals surface area contributed by atoms with Gasteiger partial charge in [0.2, 0.25) is 0 Å². The van der Waals surface area contributed by atoms with E-state index >= 15 is 0 Å². The van der Waals surface area contributed by atoms with Crippen molar-refractivity contribution in [1.29, 1.82) is 0 Å². The Labute approximate surface area is 103 Å². The summed E-state index contributed by atoms with van der Waals surface area (Å²) in [5.41, 5.74) is 0. The van der Waals surface area contributed by atoms with Crippen molar-refractivity contribution in [2.24, 2.45) is 0 Å². The van der Waals surface area contributed by atoms with E-state index in [1.807, 2.05) is 13.8 Å². The van der Waals surface area contributed by atoms with Gasteiger partial charge in [-0.05, 0) is 12.8 Å². The zero-order valence-corrected chi connectivity index (χ0v) is 12.2. The third kappa shape index (κ3) is 5.48. The number of nitrogens with zero attached hydrogens (tertiary/aromatic N) is 4. The van der Waals surface area contributed by atoms with Gasteiger partial charge in [-0.2, -0.15) is 0 Å². The molecule has 4 nitrogen and oxygen atoms in total. The minimum atomic E-state index is 0. The van der Waals surface area contributed by atoms with Gasteiger partial charge < -0.3 is 19.9 Å². The van der Waals surface area contributed by atoms with Crippen LogP contribution >= 0.6 is 0 Å². The Balaban J connectivity index is 0.000000245. The Morgan fingerprint density at radius 1 is 0.933 bits per heavy atom. The fraction of sp³-hybridized carbons (Fsp3) is 0.400. The number of hydrogen-bond donors (Lipinski definition) is 0. The number of hydrogen-bond acceptors (Lipinski definition) is 2. The molecule has 0 unspecified atom stereocenters. The van der Waals surface area contributed by atoms with Crippen LogP contribution in [0.25, 0.3) is 0 Å². The van der Waals surface area contributed by atoms with Gasteiger partial charge in [-0.25, -0.2) is 0 Å². The van der Waals surface area contributed by atoms with Crippen LogP contribution in [0.3, 0.4) is 0 Å². The first-order valence-corrected chi connectivity index (χ1v) is 4.72. The van der Waals surface area contributed by atoms with Crippen LogP contribution in [-0.4, -0.2) is 9.97 Å². The number of aryl methyl sites for hydroxylation is 2. The molecule has 0 aliphatic heterocycles. The second-order valence-electron chi connectivity index (χ2n) is 2.65. The van der Waals surface area contributed by atoms with Gasteiger partial charge in [-0.1, -0.05) is 50.3 Å². The maximum atomic E-state index is 3.92. The second-order valence-corrected chi connectivity index (χ2v) is 2.65. The molecule has 0 aromatic carbocycles. The molecule has 15 heavy (non-hydrogen) atoms. The summed E-state index contributed by atoms with van der Waals surface area (Å²) in [6, 6.07) is 0. The van der Waals surface area contributed by atoms with Crippen LogP contribution in [0, 0.1) is 0 Å². The smallest absolute Gasteiger partial charge is 0.446 e. The molecule has 0 spiro atoms. The molecule has 0 bridgehead atoms. The van der Waals surface area contributed by atoms with Crippen molar-refractivity contribution < 1.29 is 19.5 Å². The zero-order chi connectivity index (χ0) is 10.2. The van der Waals surface area contributed by atoms with Gasteiger partial charge in [0.1, 0.15) is 0 Å². The van der Waals surface area contributed by atoms with Crippen molar-refractivity contribution in [1.82, 2.24) is 19.9 Å². The van der Waals surface area contributed by atoms with E-state index in [4.69, 9.17) is 0 Å². The van der Waals surface area contributed by atoms with Gasteiger partial charge in [-0.15, -0.1) is 0 Å². The summed E-state index contributed by atoms with van der Waals surface area (Å²) in [6.45, 7) is 4.07. The minimum absolute atomic E-state index is 0. The molecular formula is C10H14N4Zn. The van der Waals surface area contributed by atoms with Crippen LogP contribution in [0.2, 0.25) is 0 Å². The predicted octanol–water partition coefficient (Wildman–Crippen LogP) is 1.20. The quantitative estimate of drug-likeness (QED) is 0.757.